The van der Waals surface area contributed by atoms with Gasteiger partial charge in [0.25, 0.3) is 0 Å². The van der Waals surface area contributed by atoms with E-state index in [0.29, 0.717) is 6.04 Å². The first-order valence-corrected chi connectivity index (χ1v) is 8.21. The topological polar surface area (TPSA) is 24.5 Å². The molecular formula is C18H30N2O. The lowest BCUT2D eigenvalue weighted by Gasteiger charge is -2.50. The molecule has 21 heavy (non-hydrogen) atoms. The second-order valence-corrected chi connectivity index (χ2v) is 6.23. The lowest BCUT2D eigenvalue weighted by Crippen LogP contribution is -2.62. The standard InChI is InChI=1S/C18H30N2O/c1-5-18(6-2)14-19-17(16-10-8-7-9-11-16)13-20(18)12-15(3)21-4/h7-11,15,17,19H,5-6,12-14H2,1-4H3. The summed E-state index contributed by atoms with van der Waals surface area (Å²) >= 11 is 0. The Morgan fingerprint density at radius 1 is 1.29 bits per heavy atom. The van der Waals surface area contributed by atoms with Crippen LogP contribution in [0.2, 0.25) is 0 Å². The van der Waals surface area contributed by atoms with Gasteiger partial charge in [-0.15, -0.1) is 0 Å². The number of piperazine rings is 1. The molecule has 1 heterocycles. The van der Waals surface area contributed by atoms with E-state index in [-0.39, 0.29) is 11.6 Å². The van der Waals surface area contributed by atoms with Crippen LogP contribution in [0.4, 0.5) is 0 Å². The maximum atomic E-state index is 5.51. The van der Waals surface area contributed by atoms with Crippen molar-refractivity contribution in [1.29, 1.82) is 0 Å². The minimum atomic E-state index is 0.262. The Hall–Kier alpha value is -0.900. The Bertz CT molecular complexity index is 416. The van der Waals surface area contributed by atoms with Crippen molar-refractivity contribution in [2.45, 2.75) is 51.3 Å². The van der Waals surface area contributed by atoms with Crippen LogP contribution in [-0.4, -0.2) is 43.3 Å². The largest absolute Gasteiger partial charge is 0.380 e. The van der Waals surface area contributed by atoms with E-state index in [4.69, 9.17) is 4.74 Å². The summed E-state index contributed by atoms with van der Waals surface area (Å²) in [6.07, 6.45) is 2.63. The van der Waals surface area contributed by atoms with Crippen molar-refractivity contribution in [2.24, 2.45) is 0 Å². The van der Waals surface area contributed by atoms with Crippen molar-refractivity contribution < 1.29 is 4.74 Å². The van der Waals surface area contributed by atoms with Gasteiger partial charge in [0.15, 0.2) is 0 Å². The Kier molecular flexibility index (Phi) is 5.80. The average Bonchev–Trinajstić information content (AvgIpc) is 2.55. The van der Waals surface area contributed by atoms with Gasteiger partial charge in [-0.1, -0.05) is 44.2 Å². The third-order valence-electron chi connectivity index (χ3n) is 5.15. The number of benzene rings is 1. The minimum Gasteiger partial charge on any atom is -0.380 e. The summed E-state index contributed by atoms with van der Waals surface area (Å²) in [6, 6.07) is 11.2. The predicted octanol–water partition coefficient (Wildman–Crippen LogP) is 3.23. The molecule has 0 saturated carbocycles. The third kappa shape index (κ3) is 3.65. The number of ether oxygens (including phenoxy) is 1. The first-order chi connectivity index (χ1) is 10.1. The molecule has 0 spiro atoms. The maximum Gasteiger partial charge on any atom is 0.0670 e. The van der Waals surface area contributed by atoms with Gasteiger partial charge in [-0.25, -0.2) is 0 Å². The Labute approximate surface area is 129 Å². The highest BCUT2D eigenvalue weighted by molar-refractivity contribution is 5.20. The van der Waals surface area contributed by atoms with Crippen LogP contribution in [-0.2, 0) is 4.74 Å². The Balaban J connectivity index is 2.16. The fourth-order valence-electron chi connectivity index (χ4n) is 3.41. The van der Waals surface area contributed by atoms with Gasteiger partial charge in [-0.05, 0) is 25.3 Å². The number of hydrogen-bond acceptors (Lipinski definition) is 3. The van der Waals surface area contributed by atoms with Crippen LogP contribution >= 0.6 is 0 Å². The summed E-state index contributed by atoms with van der Waals surface area (Å²) in [4.78, 5) is 2.65. The van der Waals surface area contributed by atoms with Crippen LogP contribution in [0, 0.1) is 0 Å². The zero-order valence-corrected chi connectivity index (χ0v) is 13.9. The highest BCUT2D eigenvalue weighted by Gasteiger charge is 2.39. The van der Waals surface area contributed by atoms with Gasteiger partial charge in [0.05, 0.1) is 6.10 Å². The molecule has 118 valence electrons. The van der Waals surface area contributed by atoms with Crippen LogP contribution in [0.25, 0.3) is 0 Å². The molecule has 1 aromatic carbocycles. The Morgan fingerprint density at radius 3 is 2.52 bits per heavy atom. The first-order valence-electron chi connectivity index (χ1n) is 8.21. The van der Waals surface area contributed by atoms with Crippen LogP contribution in [0.3, 0.4) is 0 Å². The van der Waals surface area contributed by atoms with Crippen LogP contribution in [0.15, 0.2) is 30.3 Å². The third-order valence-corrected chi connectivity index (χ3v) is 5.15. The van der Waals surface area contributed by atoms with E-state index < -0.39 is 0 Å². The molecule has 1 fully saturated rings. The maximum absolute atomic E-state index is 5.51. The molecule has 1 aromatic rings. The SMILES string of the molecule is CCC1(CC)CNC(c2ccccc2)CN1CC(C)OC. The number of methoxy groups -OCH3 is 1. The molecule has 1 saturated heterocycles. The molecule has 2 rings (SSSR count). The van der Waals surface area contributed by atoms with Crippen molar-refractivity contribution in [1.82, 2.24) is 10.2 Å². The normalized spacial score (nSPS) is 23.9. The second-order valence-electron chi connectivity index (χ2n) is 6.23. The lowest BCUT2D eigenvalue weighted by molar-refractivity contribution is -0.0126. The molecule has 1 aliphatic rings. The van der Waals surface area contributed by atoms with Gasteiger partial charge < -0.3 is 10.1 Å². The van der Waals surface area contributed by atoms with Crippen LogP contribution < -0.4 is 5.32 Å². The van der Waals surface area contributed by atoms with Crippen molar-refractivity contribution in [3.63, 3.8) is 0 Å². The number of rotatable bonds is 6. The minimum absolute atomic E-state index is 0.262. The fourth-order valence-corrected chi connectivity index (χ4v) is 3.41. The molecule has 0 radical (unpaired) electrons. The molecular weight excluding hydrogens is 260 g/mol. The van der Waals surface area contributed by atoms with Crippen molar-refractivity contribution in [2.75, 3.05) is 26.7 Å². The molecule has 3 heteroatoms. The highest BCUT2D eigenvalue weighted by atomic mass is 16.5. The van der Waals surface area contributed by atoms with E-state index >= 15 is 0 Å². The first kappa shape index (κ1) is 16.5. The molecule has 0 aliphatic carbocycles. The summed E-state index contributed by atoms with van der Waals surface area (Å²) in [5, 5.41) is 3.77. The number of nitrogens with zero attached hydrogens (tertiary/aromatic N) is 1. The smallest absolute Gasteiger partial charge is 0.0670 e. The van der Waals surface area contributed by atoms with E-state index in [1.54, 1.807) is 7.11 Å². The summed E-state index contributed by atoms with van der Waals surface area (Å²) < 4.78 is 5.51. The van der Waals surface area contributed by atoms with Gasteiger partial charge in [0.2, 0.25) is 0 Å². The molecule has 2 atom stereocenters. The molecule has 0 bridgehead atoms. The molecule has 0 amide bonds. The van der Waals surface area contributed by atoms with E-state index in [1.165, 1.54) is 18.4 Å². The fraction of sp³-hybridized carbons (Fsp3) is 0.667. The zero-order valence-electron chi connectivity index (χ0n) is 13.9. The average molecular weight is 290 g/mol. The van der Waals surface area contributed by atoms with E-state index in [2.05, 4.69) is 61.3 Å². The molecule has 1 aliphatic heterocycles. The monoisotopic (exact) mass is 290 g/mol. The van der Waals surface area contributed by atoms with Crippen molar-refractivity contribution >= 4 is 0 Å². The van der Waals surface area contributed by atoms with Gasteiger partial charge in [-0.3, -0.25) is 4.90 Å². The zero-order chi connectivity index (χ0) is 15.3. The van der Waals surface area contributed by atoms with Gasteiger partial charge in [0.1, 0.15) is 0 Å². The summed E-state index contributed by atoms with van der Waals surface area (Å²) in [5.74, 6) is 0. The van der Waals surface area contributed by atoms with Gasteiger partial charge in [0, 0.05) is 38.3 Å². The van der Waals surface area contributed by atoms with E-state index in [0.717, 1.165) is 19.6 Å². The Morgan fingerprint density at radius 2 is 1.95 bits per heavy atom. The second kappa shape index (κ2) is 7.39. The van der Waals surface area contributed by atoms with Gasteiger partial charge in [-0.2, -0.15) is 0 Å². The van der Waals surface area contributed by atoms with Crippen molar-refractivity contribution in [3.05, 3.63) is 35.9 Å². The van der Waals surface area contributed by atoms with E-state index in [9.17, 15) is 0 Å². The highest BCUT2D eigenvalue weighted by Crippen LogP contribution is 2.31. The van der Waals surface area contributed by atoms with Crippen molar-refractivity contribution in [3.8, 4) is 0 Å². The number of nitrogens with one attached hydrogen (secondary N) is 1. The quantitative estimate of drug-likeness (QED) is 0.870. The van der Waals surface area contributed by atoms with Gasteiger partial charge >= 0.3 is 0 Å². The summed E-state index contributed by atoms with van der Waals surface area (Å²) in [7, 11) is 1.81. The molecule has 0 aromatic heterocycles. The molecule has 3 nitrogen and oxygen atoms in total. The summed E-state index contributed by atoms with van der Waals surface area (Å²) in [6.45, 7) is 9.88. The lowest BCUT2D eigenvalue weighted by atomic mass is 9.86. The molecule has 2 unspecified atom stereocenters. The molecule has 1 N–H and O–H groups in total. The summed E-state index contributed by atoms with van der Waals surface area (Å²) in [5.41, 5.74) is 1.64. The van der Waals surface area contributed by atoms with Crippen LogP contribution in [0.5, 0.6) is 0 Å². The predicted molar refractivity (Wildman–Crippen MR) is 88.5 cm³/mol. The van der Waals surface area contributed by atoms with Crippen LogP contribution in [0.1, 0.15) is 45.2 Å². The van der Waals surface area contributed by atoms with E-state index in [1.807, 2.05) is 0 Å². The number of hydrogen-bond donors (Lipinski definition) is 1.